The second-order valence-corrected chi connectivity index (χ2v) is 10.4. The zero-order valence-corrected chi connectivity index (χ0v) is 25.3. The molecule has 0 saturated carbocycles. The number of unbranched alkanes of at least 4 members (excludes halogenated alkanes) is 5. The van der Waals surface area contributed by atoms with Crippen molar-refractivity contribution in [3.8, 4) is 0 Å². The third-order valence-electron chi connectivity index (χ3n) is 6.77. The van der Waals surface area contributed by atoms with Gasteiger partial charge in [0.05, 0.1) is 17.1 Å². The Labute approximate surface area is 238 Å². The Hall–Kier alpha value is -1.73. The molecule has 0 aliphatic carbocycles. The average Bonchev–Trinajstić information content (AvgIpc) is 2.89. The van der Waals surface area contributed by atoms with Crippen molar-refractivity contribution in [3.05, 3.63) is 58.7 Å². The van der Waals surface area contributed by atoms with E-state index in [2.05, 4.69) is 71.0 Å². The van der Waals surface area contributed by atoms with Gasteiger partial charge in [0, 0.05) is 22.7 Å². The molecular weight excluding hydrogens is 495 g/mol. The fourth-order valence-corrected chi connectivity index (χ4v) is 4.55. The molecule has 0 bridgehead atoms. The van der Waals surface area contributed by atoms with E-state index in [1.54, 1.807) is 0 Å². The van der Waals surface area contributed by atoms with Crippen molar-refractivity contribution in [2.75, 3.05) is 0 Å². The van der Waals surface area contributed by atoms with Crippen molar-refractivity contribution in [2.45, 2.75) is 131 Å². The number of rotatable bonds is 18. The molecule has 0 aliphatic rings. The second kappa shape index (κ2) is 20.3. The first-order valence-electron chi connectivity index (χ1n) is 15.0. The van der Waals surface area contributed by atoms with Crippen LogP contribution in [-0.4, -0.2) is 11.9 Å². The molecule has 0 aliphatic heterocycles. The van der Waals surface area contributed by atoms with Crippen molar-refractivity contribution < 1.29 is 16.5 Å². The van der Waals surface area contributed by atoms with Gasteiger partial charge in [0.2, 0.25) is 0 Å². The molecule has 0 atom stereocenters. The van der Waals surface area contributed by atoms with Crippen LogP contribution in [-0.2, 0) is 42.2 Å². The summed E-state index contributed by atoms with van der Waals surface area (Å²) in [6.45, 7) is 11.3. The Balaban J connectivity index is 0.00000684. The van der Waals surface area contributed by atoms with Gasteiger partial charge >= 0.3 is 0 Å². The van der Waals surface area contributed by atoms with Gasteiger partial charge in [0.25, 0.3) is 0 Å². The molecule has 0 fully saturated rings. The molecule has 0 spiro atoms. The van der Waals surface area contributed by atoms with Gasteiger partial charge in [-0.3, -0.25) is 9.98 Å². The average molecular weight is 547 g/mol. The van der Waals surface area contributed by atoms with Crippen LogP contribution in [0.15, 0.2) is 46.4 Å². The smallest absolute Gasteiger partial charge is 0.0639 e. The largest absolute Gasteiger partial charge is 0.255 e. The fraction of sp³-hybridized carbons (Fsp3) is 0.588. The number of hydrogen-bond donors (Lipinski definition) is 0. The van der Waals surface area contributed by atoms with E-state index in [1.807, 2.05) is 6.21 Å². The minimum Gasteiger partial charge on any atom is -0.255 e. The van der Waals surface area contributed by atoms with Crippen LogP contribution < -0.4 is 0 Å². The molecule has 0 N–H and O–H groups in total. The molecule has 0 radical (unpaired) electrons. The Morgan fingerprint density at radius 2 is 0.919 bits per heavy atom. The van der Waals surface area contributed by atoms with Crippen LogP contribution >= 0.6 is 0 Å². The third-order valence-corrected chi connectivity index (χ3v) is 6.77. The summed E-state index contributed by atoms with van der Waals surface area (Å²) in [6, 6.07) is 14.0. The topological polar surface area (TPSA) is 24.7 Å². The molecule has 3 heteroatoms. The first-order valence-corrected chi connectivity index (χ1v) is 15.0. The molecule has 0 unspecified atom stereocenters. The van der Waals surface area contributed by atoms with Gasteiger partial charge in [0.15, 0.2) is 0 Å². The molecule has 2 aromatic rings. The molecule has 0 amide bonds. The van der Waals surface area contributed by atoms with E-state index in [0.29, 0.717) is 0 Å². The molecular formula is C34H52N2Ni. The normalized spacial score (nSPS) is 11.8. The minimum atomic E-state index is 0. The summed E-state index contributed by atoms with van der Waals surface area (Å²) in [6.07, 6.45) is 19.7. The Bertz CT molecular complexity index is 892. The third kappa shape index (κ3) is 13.6. The fourth-order valence-electron chi connectivity index (χ4n) is 4.55. The van der Waals surface area contributed by atoms with Gasteiger partial charge < -0.3 is 0 Å². The van der Waals surface area contributed by atoms with Gasteiger partial charge in [-0.05, 0) is 111 Å². The summed E-state index contributed by atoms with van der Waals surface area (Å²) >= 11 is 0. The van der Waals surface area contributed by atoms with E-state index >= 15 is 0 Å². The summed E-state index contributed by atoms with van der Waals surface area (Å²) in [4.78, 5) is 10.1. The number of aliphatic imine (C=N–C) groups is 2. The first kappa shape index (κ1) is 33.3. The maximum atomic E-state index is 5.16. The monoisotopic (exact) mass is 546 g/mol. The van der Waals surface area contributed by atoms with Gasteiger partial charge in [-0.15, -0.1) is 0 Å². The van der Waals surface area contributed by atoms with E-state index in [9.17, 15) is 0 Å². The predicted molar refractivity (Wildman–Crippen MR) is 162 cm³/mol. The van der Waals surface area contributed by atoms with Crippen molar-refractivity contribution in [1.29, 1.82) is 0 Å². The van der Waals surface area contributed by atoms with Crippen LogP contribution in [0.1, 0.15) is 128 Å². The van der Waals surface area contributed by atoms with Crippen molar-refractivity contribution in [1.82, 2.24) is 0 Å². The summed E-state index contributed by atoms with van der Waals surface area (Å²) in [5.41, 5.74) is 9.00. The predicted octanol–water partition coefficient (Wildman–Crippen LogP) is 10.7. The summed E-state index contributed by atoms with van der Waals surface area (Å²) < 4.78 is 0. The molecule has 0 aromatic heterocycles. The summed E-state index contributed by atoms with van der Waals surface area (Å²) in [7, 11) is 0. The van der Waals surface area contributed by atoms with Crippen LogP contribution in [0.25, 0.3) is 0 Å². The zero-order chi connectivity index (χ0) is 26.0. The summed E-state index contributed by atoms with van der Waals surface area (Å²) in [5, 5.41) is 0. The van der Waals surface area contributed by atoms with Crippen LogP contribution in [0.5, 0.6) is 0 Å². The maximum Gasteiger partial charge on any atom is 0.0639 e. The van der Waals surface area contributed by atoms with E-state index in [4.69, 9.17) is 9.98 Å². The van der Waals surface area contributed by atoms with Crippen LogP contribution in [0, 0.1) is 0 Å². The van der Waals surface area contributed by atoms with Gasteiger partial charge in [-0.1, -0.05) is 78.9 Å². The molecule has 0 saturated heterocycles. The van der Waals surface area contributed by atoms with Crippen molar-refractivity contribution in [3.63, 3.8) is 0 Å². The van der Waals surface area contributed by atoms with E-state index in [1.165, 1.54) is 80.0 Å². The van der Waals surface area contributed by atoms with Crippen molar-refractivity contribution in [2.24, 2.45) is 9.98 Å². The van der Waals surface area contributed by atoms with E-state index in [-0.39, 0.29) is 16.5 Å². The first-order chi connectivity index (χ1) is 17.6. The van der Waals surface area contributed by atoms with Crippen LogP contribution in [0.4, 0.5) is 11.4 Å². The molecule has 2 aromatic carbocycles. The molecule has 2 rings (SSSR count). The number of benzene rings is 2. The molecule has 2 nitrogen and oxygen atoms in total. The number of aryl methyl sites for hydroxylation is 4. The van der Waals surface area contributed by atoms with Gasteiger partial charge in [-0.25, -0.2) is 0 Å². The molecule has 37 heavy (non-hydrogen) atoms. The summed E-state index contributed by atoms with van der Waals surface area (Å²) in [5.74, 6) is 0. The van der Waals surface area contributed by atoms with Crippen LogP contribution in [0.2, 0.25) is 0 Å². The minimum absolute atomic E-state index is 0. The van der Waals surface area contributed by atoms with Gasteiger partial charge in [0.1, 0.15) is 0 Å². The van der Waals surface area contributed by atoms with E-state index < -0.39 is 0 Å². The second-order valence-electron chi connectivity index (χ2n) is 10.4. The quantitative estimate of drug-likeness (QED) is 0.131. The molecule has 0 heterocycles. The number of hydrogen-bond acceptors (Lipinski definition) is 2. The standard InChI is InChI=1S/C34H52N2.Ni/c1-6-11-16-28-21-29(17-12-7-2)24-33(23-28)35-27-32(20-15-10-5)36-34-25-30(18-13-8-3)22-31(26-34)19-14-9-4;/h21-27H,6-20H2,1-5H3;/b35-27+,36-32+;. The Morgan fingerprint density at radius 1 is 0.541 bits per heavy atom. The SMILES string of the molecule is CCCCC(/C=N/c1cc(CCCC)cc(CCCC)c1)=N\c1cc(CCCC)cc(CCCC)c1.[Ni]. The van der Waals surface area contributed by atoms with E-state index in [0.717, 1.165) is 55.6 Å². The maximum absolute atomic E-state index is 5.16. The van der Waals surface area contributed by atoms with Crippen LogP contribution in [0.3, 0.4) is 0 Å². The van der Waals surface area contributed by atoms with Gasteiger partial charge in [-0.2, -0.15) is 0 Å². The molecule has 208 valence electrons. The Kier molecular flexibility index (Phi) is 18.2. The number of nitrogens with zero attached hydrogens (tertiary/aromatic N) is 2. The zero-order valence-electron chi connectivity index (χ0n) is 24.4. The Morgan fingerprint density at radius 3 is 1.30 bits per heavy atom. The van der Waals surface area contributed by atoms with Crippen molar-refractivity contribution >= 4 is 23.3 Å².